The van der Waals surface area contributed by atoms with Gasteiger partial charge < -0.3 is 15.0 Å². The summed E-state index contributed by atoms with van der Waals surface area (Å²) in [6.07, 6.45) is 5.88. The molecule has 32 heavy (non-hydrogen) atoms. The van der Waals surface area contributed by atoms with Gasteiger partial charge in [-0.15, -0.1) is 0 Å². The molecule has 0 amide bonds. The summed E-state index contributed by atoms with van der Waals surface area (Å²) in [4.78, 5) is 8.98. The number of aromatic nitrogens is 3. The fourth-order valence-corrected chi connectivity index (χ4v) is 5.77. The maximum Gasteiger partial charge on any atom is 0.274 e. The number of hydrogen-bond acceptors (Lipinski definition) is 6. The molecule has 9 nitrogen and oxygen atoms in total. The van der Waals surface area contributed by atoms with Crippen molar-refractivity contribution in [3.05, 3.63) is 52.9 Å². The average Bonchev–Trinajstić information content (AvgIpc) is 3.44. The van der Waals surface area contributed by atoms with Crippen LogP contribution in [-0.4, -0.2) is 40.7 Å². The number of hydrogen-bond donors (Lipinski definition) is 4. The second kappa shape index (κ2) is 8.27. The number of fused-ring (bicyclic) bond motifs is 2. The number of anilines is 1. The van der Waals surface area contributed by atoms with E-state index in [1.165, 1.54) is 11.1 Å². The van der Waals surface area contributed by atoms with Gasteiger partial charge in [0.05, 0.1) is 17.5 Å². The van der Waals surface area contributed by atoms with Gasteiger partial charge in [-0.2, -0.15) is 8.42 Å². The van der Waals surface area contributed by atoms with Crippen LogP contribution in [0.3, 0.4) is 0 Å². The van der Waals surface area contributed by atoms with Crippen molar-refractivity contribution in [3.8, 4) is 0 Å². The lowest BCUT2D eigenvalue weighted by Crippen LogP contribution is -2.36. The smallest absolute Gasteiger partial charge is 0.274 e. The molecule has 1 fully saturated rings. The number of halogens is 1. The SMILES string of the molecule is NS(=O)(=O)NC[C@@H]1C[C@@H](n2ccc3c(N[C@@H]4CCc5c(Cl)cccc54)ncnc32)C[C@@H]1O. The summed E-state index contributed by atoms with van der Waals surface area (Å²) in [5.74, 6) is 0.549. The van der Waals surface area contributed by atoms with Crippen molar-refractivity contribution in [1.29, 1.82) is 0 Å². The molecule has 0 unspecified atom stereocenters. The van der Waals surface area contributed by atoms with Crippen LogP contribution in [0.5, 0.6) is 0 Å². The van der Waals surface area contributed by atoms with Gasteiger partial charge in [-0.25, -0.2) is 19.8 Å². The van der Waals surface area contributed by atoms with Crippen molar-refractivity contribution >= 4 is 38.7 Å². The molecule has 5 rings (SSSR count). The zero-order valence-corrected chi connectivity index (χ0v) is 18.9. The number of nitrogens with one attached hydrogen (secondary N) is 2. The van der Waals surface area contributed by atoms with Crippen LogP contribution < -0.4 is 15.2 Å². The summed E-state index contributed by atoms with van der Waals surface area (Å²) in [5, 5.41) is 20.7. The van der Waals surface area contributed by atoms with Crippen molar-refractivity contribution in [3.63, 3.8) is 0 Å². The molecule has 0 saturated heterocycles. The molecule has 2 aliphatic carbocycles. The third kappa shape index (κ3) is 4.08. The Labute approximate surface area is 191 Å². The Kier molecular flexibility index (Phi) is 5.58. The van der Waals surface area contributed by atoms with Gasteiger partial charge in [-0.05, 0) is 48.9 Å². The second-order valence-corrected chi connectivity index (χ2v) is 10.4. The predicted octanol–water partition coefficient (Wildman–Crippen LogP) is 2.29. The highest BCUT2D eigenvalue weighted by atomic mass is 35.5. The Morgan fingerprint density at radius 2 is 2.09 bits per heavy atom. The van der Waals surface area contributed by atoms with Crippen molar-refractivity contribution in [1.82, 2.24) is 19.3 Å². The van der Waals surface area contributed by atoms with Gasteiger partial charge in [0, 0.05) is 29.7 Å². The number of nitrogens with two attached hydrogens (primary N) is 1. The van der Waals surface area contributed by atoms with Crippen molar-refractivity contribution < 1.29 is 13.5 Å². The third-order valence-electron chi connectivity index (χ3n) is 6.61. The maximum atomic E-state index is 11.2. The molecule has 2 aromatic heterocycles. The largest absolute Gasteiger partial charge is 0.393 e. The van der Waals surface area contributed by atoms with Gasteiger partial charge in [0.15, 0.2) is 0 Å². The second-order valence-electron chi connectivity index (χ2n) is 8.57. The number of rotatable bonds is 6. The summed E-state index contributed by atoms with van der Waals surface area (Å²) in [6, 6.07) is 8.11. The standard InChI is InChI=1S/C21H25ClN6O3S/c22-17-3-1-2-15-14(17)4-5-18(15)27-20-16-6-7-28(21(16)25-11-24-20)13-8-12(19(29)9-13)10-26-32(23,30)31/h1-3,6-7,11-13,18-19,26,29H,4-5,8-10H2,(H2,23,30,31)(H,24,25,27)/t12-,13+,18+,19-/m0/s1. The lowest BCUT2D eigenvalue weighted by atomic mass is 10.1. The van der Waals surface area contributed by atoms with E-state index in [2.05, 4.69) is 26.1 Å². The number of aliphatic hydroxyl groups is 1. The van der Waals surface area contributed by atoms with Crippen LogP contribution in [0.25, 0.3) is 11.0 Å². The molecule has 2 heterocycles. The van der Waals surface area contributed by atoms with Gasteiger partial charge in [0.1, 0.15) is 17.8 Å². The molecule has 0 bridgehead atoms. The van der Waals surface area contributed by atoms with Crippen LogP contribution in [0.2, 0.25) is 5.02 Å². The van der Waals surface area contributed by atoms with Crippen LogP contribution >= 0.6 is 11.6 Å². The van der Waals surface area contributed by atoms with E-state index in [1.54, 1.807) is 6.33 Å². The third-order valence-corrected chi connectivity index (χ3v) is 7.53. The lowest BCUT2D eigenvalue weighted by molar-refractivity contribution is 0.133. The minimum absolute atomic E-state index is 0.00328. The van der Waals surface area contributed by atoms with E-state index in [0.29, 0.717) is 12.8 Å². The zero-order valence-electron chi connectivity index (χ0n) is 17.3. The van der Waals surface area contributed by atoms with Crippen LogP contribution in [0.4, 0.5) is 5.82 Å². The van der Waals surface area contributed by atoms with Crippen LogP contribution in [-0.2, 0) is 16.6 Å². The first kappa shape index (κ1) is 21.6. The molecule has 2 aliphatic rings. The van der Waals surface area contributed by atoms with Crippen molar-refractivity contribution in [2.75, 3.05) is 11.9 Å². The Morgan fingerprint density at radius 1 is 1.25 bits per heavy atom. The minimum atomic E-state index is -3.79. The molecular formula is C21H25ClN6O3S. The van der Waals surface area contributed by atoms with Gasteiger partial charge >= 0.3 is 0 Å². The predicted molar refractivity (Wildman–Crippen MR) is 123 cm³/mol. The van der Waals surface area contributed by atoms with Crippen LogP contribution in [0.1, 0.15) is 42.5 Å². The summed E-state index contributed by atoms with van der Waals surface area (Å²) >= 11 is 6.36. The molecule has 1 aromatic carbocycles. The fourth-order valence-electron chi connectivity index (χ4n) is 5.05. The van der Waals surface area contributed by atoms with Crippen molar-refractivity contribution in [2.45, 2.75) is 43.9 Å². The molecule has 11 heteroatoms. The molecule has 0 spiro atoms. The summed E-state index contributed by atoms with van der Waals surface area (Å²) in [7, 11) is -3.79. The summed E-state index contributed by atoms with van der Waals surface area (Å²) in [5.41, 5.74) is 3.17. The molecule has 1 saturated carbocycles. The number of nitrogens with zero attached hydrogens (tertiary/aromatic N) is 3. The highest BCUT2D eigenvalue weighted by Crippen LogP contribution is 2.40. The summed E-state index contributed by atoms with van der Waals surface area (Å²) < 4.78 is 26.7. The Bertz CT molecular complexity index is 1260. The first-order chi connectivity index (χ1) is 15.3. The maximum absolute atomic E-state index is 11.2. The highest BCUT2D eigenvalue weighted by Gasteiger charge is 2.35. The molecule has 0 aliphatic heterocycles. The lowest BCUT2D eigenvalue weighted by Gasteiger charge is -2.17. The van der Waals surface area contributed by atoms with E-state index in [-0.39, 0.29) is 24.5 Å². The monoisotopic (exact) mass is 476 g/mol. The number of aliphatic hydroxyl groups excluding tert-OH is 1. The molecule has 5 N–H and O–H groups in total. The molecule has 0 radical (unpaired) electrons. The normalized spacial score (nSPS) is 25.3. The van der Waals surface area contributed by atoms with E-state index >= 15 is 0 Å². The molecule has 4 atom stereocenters. The topological polar surface area (TPSA) is 135 Å². The molecule has 3 aromatic rings. The van der Waals surface area contributed by atoms with Gasteiger partial charge in [0.25, 0.3) is 10.2 Å². The number of benzene rings is 1. The van der Waals surface area contributed by atoms with Gasteiger partial charge in [-0.1, -0.05) is 23.7 Å². The fraction of sp³-hybridized carbons (Fsp3) is 0.429. The molecule has 170 valence electrons. The van der Waals surface area contributed by atoms with E-state index in [0.717, 1.165) is 34.7 Å². The van der Waals surface area contributed by atoms with E-state index in [4.69, 9.17) is 16.7 Å². The first-order valence-corrected chi connectivity index (χ1v) is 12.5. The van der Waals surface area contributed by atoms with E-state index in [9.17, 15) is 13.5 Å². The zero-order chi connectivity index (χ0) is 22.5. The van der Waals surface area contributed by atoms with Gasteiger partial charge in [0.2, 0.25) is 0 Å². The quantitative estimate of drug-likeness (QED) is 0.431. The average molecular weight is 477 g/mol. The van der Waals surface area contributed by atoms with Crippen molar-refractivity contribution in [2.24, 2.45) is 11.1 Å². The van der Waals surface area contributed by atoms with E-state index in [1.807, 2.05) is 29.0 Å². The summed E-state index contributed by atoms with van der Waals surface area (Å²) in [6.45, 7) is 0.112. The van der Waals surface area contributed by atoms with Crippen LogP contribution in [0.15, 0.2) is 36.8 Å². The Balaban J connectivity index is 1.37. The minimum Gasteiger partial charge on any atom is -0.393 e. The van der Waals surface area contributed by atoms with Crippen LogP contribution in [0, 0.1) is 5.92 Å². The first-order valence-electron chi connectivity index (χ1n) is 10.6. The molecular weight excluding hydrogens is 452 g/mol. The van der Waals surface area contributed by atoms with E-state index < -0.39 is 16.3 Å². The highest BCUT2D eigenvalue weighted by molar-refractivity contribution is 7.87. The Morgan fingerprint density at radius 3 is 2.91 bits per heavy atom. The van der Waals surface area contributed by atoms with Gasteiger partial charge in [-0.3, -0.25) is 0 Å². The Hall–Kier alpha value is -2.24.